The van der Waals surface area contributed by atoms with E-state index >= 15 is 0 Å². The van der Waals surface area contributed by atoms with Crippen molar-refractivity contribution in [1.29, 1.82) is 0 Å². The Balaban J connectivity index is 1.41. The molecule has 4 amide bonds. The van der Waals surface area contributed by atoms with Crippen molar-refractivity contribution in [2.75, 3.05) is 11.9 Å². The standard InChI is InChI=1S/C17H22N4O3S/c1-17(10-7-8-10)14(23)21(16(24)20-17)9-13(22)19-15-18-11-5-3-2-4-6-12(11)25-15/h10H,2-9H2,1H3,(H,20,24)(H,18,19,22). The molecule has 1 unspecified atom stereocenters. The highest BCUT2D eigenvalue weighted by atomic mass is 32.1. The third kappa shape index (κ3) is 3.03. The highest BCUT2D eigenvalue weighted by molar-refractivity contribution is 7.15. The van der Waals surface area contributed by atoms with Crippen LogP contribution in [-0.2, 0) is 22.4 Å². The Kier molecular flexibility index (Phi) is 4.02. The van der Waals surface area contributed by atoms with E-state index in [1.807, 2.05) is 0 Å². The van der Waals surface area contributed by atoms with Gasteiger partial charge in [0.25, 0.3) is 5.91 Å². The van der Waals surface area contributed by atoms with Crippen LogP contribution in [0.25, 0.3) is 0 Å². The number of hydrogen-bond donors (Lipinski definition) is 2. The zero-order valence-corrected chi connectivity index (χ0v) is 15.1. The predicted molar refractivity (Wildman–Crippen MR) is 93.4 cm³/mol. The first kappa shape index (κ1) is 16.5. The van der Waals surface area contributed by atoms with E-state index in [1.54, 1.807) is 6.92 Å². The van der Waals surface area contributed by atoms with Gasteiger partial charge in [-0.1, -0.05) is 6.42 Å². The Bertz CT molecular complexity index is 719. The fourth-order valence-corrected chi connectivity index (χ4v) is 4.75. The summed E-state index contributed by atoms with van der Waals surface area (Å²) in [5.41, 5.74) is 0.227. The van der Waals surface area contributed by atoms with Crippen LogP contribution in [0.15, 0.2) is 0 Å². The van der Waals surface area contributed by atoms with E-state index in [0.717, 1.165) is 49.1 Å². The first-order valence-electron chi connectivity index (χ1n) is 8.90. The van der Waals surface area contributed by atoms with Crippen LogP contribution in [0.1, 0.15) is 49.6 Å². The lowest BCUT2D eigenvalue weighted by Gasteiger charge is -2.20. The molecule has 4 rings (SSSR count). The number of carbonyl (C=O) groups excluding carboxylic acids is 3. The van der Waals surface area contributed by atoms with Gasteiger partial charge < -0.3 is 10.6 Å². The number of amides is 4. The van der Waals surface area contributed by atoms with Crippen LogP contribution in [-0.4, -0.2) is 39.8 Å². The van der Waals surface area contributed by atoms with Gasteiger partial charge in [0.15, 0.2) is 5.13 Å². The van der Waals surface area contributed by atoms with Crippen LogP contribution in [0.3, 0.4) is 0 Å². The van der Waals surface area contributed by atoms with Crippen LogP contribution in [0.4, 0.5) is 9.93 Å². The third-order valence-electron chi connectivity index (χ3n) is 5.34. The molecular formula is C17H22N4O3S. The topological polar surface area (TPSA) is 91.4 Å². The van der Waals surface area contributed by atoms with E-state index in [-0.39, 0.29) is 24.3 Å². The van der Waals surface area contributed by atoms with Crippen LogP contribution < -0.4 is 10.6 Å². The maximum Gasteiger partial charge on any atom is 0.325 e. The van der Waals surface area contributed by atoms with E-state index in [9.17, 15) is 14.4 Å². The average Bonchev–Trinajstić information content (AvgIpc) is 3.35. The number of rotatable bonds is 4. The molecule has 0 radical (unpaired) electrons. The molecule has 2 N–H and O–H groups in total. The molecule has 1 aromatic heterocycles. The van der Waals surface area contributed by atoms with E-state index in [1.165, 1.54) is 22.6 Å². The molecule has 0 aromatic carbocycles. The summed E-state index contributed by atoms with van der Waals surface area (Å²) >= 11 is 1.50. The molecule has 0 bridgehead atoms. The Labute approximate surface area is 150 Å². The van der Waals surface area contributed by atoms with Crippen LogP contribution in [0, 0.1) is 5.92 Å². The Morgan fingerprint density at radius 3 is 2.84 bits per heavy atom. The number of hydrogen-bond acceptors (Lipinski definition) is 5. The summed E-state index contributed by atoms with van der Waals surface area (Å²) in [5, 5.41) is 6.07. The largest absolute Gasteiger partial charge is 0.325 e. The molecule has 1 aromatic rings. The molecule has 7 nitrogen and oxygen atoms in total. The van der Waals surface area contributed by atoms with Gasteiger partial charge in [0.2, 0.25) is 5.91 Å². The number of urea groups is 1. The zero-order valence-electron chi connectivity index (χ0n) is 14.3. The highest BCUT2D eigenvalue weighted by Gasteiger charge is 2.56. The van der Waals surface area contributed by atoms with Crippen molar-refractivity contribution in [2.24, 2.45) is 5.92 Å². The molecule has 134 valence electrons. The van der Waals surface area contributed by atoms with Gasteiger partial charge in [0.1, 0.15) is 12.1 Å². The molecule has 1 aliphatic heterocycles. The minimum atomic E-state index is -0.851. The van der Waals surface area contributed by atoms with Gasteiger partial charge in [-0.15, -0.1) is 11.3 Å². The minimum Gasteiger partial charge on any atom is -0.323 e. The van der Waals surface area contributed by atoms with Gasteiger partial charge >= 0.3 is 6.03 Å². The molecule has 3 aliphatic rings. The number of carbonyl (C=O) groups is 3. The second kappa shape index (κ2) is 6.09. The molecule has 2 aliphatic carbocycles. The SMILES string of the molecule is CC1(C2CC2)NC(=O)N(CC(=O)Nc2nc3c(s2)CCCCC3)C1=O. The number of nitrogens with one attached hydrogen (secondary N) is 2. The quantitative estimate of drug-likeness (QED) is 0.634. The van der Waals surface area contributed by atoms with Gasteiger partial charge in [-0.25, -0.2) is 9.78 Å². The monoisotopic (exact) mass is 362 g/mol. The Hall–Kier alpha value is -1.96. The summed E-state index contributed by atoms with van der Waals surface area (Å²) in [6.45, 7) is 1.48. The summed E-state index contributed by atoms with van der Waals surface area (Å²) < 4.78 is 0. The number of thiazole rings is 1. The highest BCUT2D eigenvalue weighted by Crippen LogP contribution is 2.42. The average molecular weight is 362 g/mol. The van der Waals surface area contributed by atoms with Gasteiger partial charge in [0.05, 0.1) is 5.69 Å². The summed E-state index contributed by atoms with van der Waals surface area (Å²) in [7, 11) is 0. The Morgan fingerprint density at radius 2 is 2.08 bits per heavy atom. The van der Waals surface area contributed by atoms with Gasteiger partial charge in [-0.3, -0.25) is 14.5 Å². The van der Waals surface area contributed by atoms with Gasteiger partial charge in [-0.05, 0) is 51.4 Å². The van der Waals surface area contributed by atoms with Crippen molar-refractivity contribution < 1.29 is 14.4 Å². The maximum absolute atomic E-state index is 12.6. The van der Waals surface area contributed by atoms with Crippen LogP contribution in [0.5, 0.6) is 0 Å². The molecule has 1 saturated carbocycles. The lowest BCUT2D eigenvalue weighted by Crippen LogP contribution is -2.46. The molecule has 25 heavy (non-hydrogen) atoms. The lowest BCUT2D eigenvalue weighted by molar-refractivity contribution is -0.134. The summed E-state index contributed by atoms with van der Waals surface area (Å²) in [4.78, 5) is 43.8. The predicted octanol–water partition coefficient (Wildman–Crippen LogP) is 2.07. The number of fused-ring (bicyclic) bond motifs is 1. The van der Waals surface area contributed by atoms with E-state index in [0.29, 0.717) is 5.13 Å². The number of aryl methyl sites for hydroxylation is 2. The smallest absolute Gasteiger partial charge is 0.323 e. The molecule has 0 spiro atoms. The number of imide groups is 1. The van der Waals surface area contributed by atoms with Crippen LogP contribution >= 0.6 is 11.3 Å². The van der Waals surface area contributed by atoms with Crippen molar-refractivity contribution in [3.8, 4) is 0 Å². The second-order valence-electron chi connectivity index (χ2n) is 7.30. The molecule has 2 heterocycles. The molecule has 1 saturated heterocycles. The molecule has 8 heteroatoms. The number of nitrogens with zero attached hydrogens (tertiary/aromatic N) is 2. The van der Waals surface area contributed by atoms with Gasteiger partial charge in [0, 0.05) is 4.88 Å². The number of aromatic nitrogens is 1. The summed E-state index contributed by atoms with van der Waals surface area (Å²) in [6.07, 6.45) is 7.35. The Morgan fingerprint density at radius 1 is 1.32 bits per heavy atom. The van der Waals surface area contributed by atoms with Crippen molar-refractivity contribution in [3.05, 3.63) is 10.6 Å². The molecule has 1 atom stereocenters. The van der Waals surface area contributed by atoms with Crippen molar-refractivity contribution in [1.82, 2.24) is 15.2 Å². The number of anilines is 1. The van der Waals surface area contributed by atoms with Crippen LogP contribution in [0.2, 0.25) is 0 Å². The first-order chi connectivity index (χ1) is 12.0. The molecular weight excluding hydrogens is 340 g/mol. The minimum absolute atomic E-state index is 0.187. The van der Waals surface area contributed by atoms with Crippen molar-refractivity contribution in [2.45, 2.75) is 57.4 Å². The van der Waals surface area contributed by atoms with Gasteiger partial charge in [-0.2, -0.15) is 0 Å². The summed E-state index contributed by atoms with van der Waals surface area (Å²) in [6, 6.07) is -0.482. The third-order valence-corrected chi connectivity index (χ3v) is 6.41. The van der Waals surface area contributed by atoms with E-state index < -0.39 is 11.6 Å². The maximum atomic E-state index is 12.6. The normalized spacial score (nSPS) is 26.2. The summed E-state index contributed by atoms with van der Waals surface area (Å²) in [5.74, 6) is -0.496. The van der Waals surface area contributed by atoms with E-state index in [2.05, 4.69) is 15.6 Å². The lowest BCUT2D eigenvalue weighted by atomic mass is 9.96. The fourth-order valence-electron chi connectivity index (χ4n) is 3.68. The zero-order chi connectivity index (χ0) is 17.6. The fraction of sp³-hybridized carbons (Fsp3) is 0.647. The first-order valence-corrected chi connectivity index (χ1v) is 9.71. The van der Waals surface area contributed by atoms with Crippen molar-refractivity contribution >= 4 is 34.3 Å². The second-order valence-corrected chi connectivity index (χ2v) is 8.38. The van der Waals surface area contributed by atoms with Crippen molar-refractivity contribution in [3.63, 3.8) is 0 Å². The molecule has 2 fully saturated rings. The van der Waals surface area contributed by atoms with E-state index in [4.69, 9.17) is 0 Å².